The molecule has 2 saturated heterocycles. The third-order valence-corrected chi connectivity index (χ3v) is 7.92. The molecule has 6 heteroatoms. The monoisotopic (exact) mass is 408 g/mol. The summed E-state index contributed by atoms with van der Waals surface area (Å²) in [4.78, 5) is 15.6. The molecule has 1 aromatic carbocycles. The molecule has 5 nitrogen and oxygen atoms in total. The highest BCUT2D eigenvalue weighted by atomic mass is 19.1. The normalized spacial score (nSPS) is 33.5. The van der Waals surface area contributed by atoms with Crippen molar-refractivity contribution in [3.63, 3.8) is 0 Å². The van der Waals surface area contributed by atoms with E-state index in [1.54, 1.807) is 10.7 Å². The first kappa shape index (κ1) is 19.5. The number of aryl methyl sites for hydroxylation is 1. The van der Waals surface area contributed by atoms with Gasteiger partial charge < -0.3 is 4.90 Å². The van der Waals surface area contributed by atoms with E-state index in [9.17, 15) is 14.4 Å². The number of piperidine rings is 1. The summed E-state index contributed by atoms with van der Waals surface area (Å²) < 4.78 is 16.2. The van der Waals surface area contributed by atoms with Gasteiger partial charge in [-0.3, -0.25) is 9.48 Å². The number of benzene rings is 1. The number of carbonyl (C=O) groups excluding carboxylic acids is 1. The van der Waals surface area contributed by atoms with Gasteiger partial charge >= 0.3 is 0 Å². The van der Waals surface area contributed by atoms with E-state index in [1.807, 2.05) is 20.0 Å². The van der Waals surface area contributed by atoms with Gasteiger partial charge in [-0.25, -0.2) is 4.39 Å². The largest absolute Gasteiger partial charge is 0.337 e. The maximum absolute atomic E-state index is 14.5. The van der Waals surface area contributed by atoms with Crippen molar-refractivity contribution in [2.45, 2.75) is 76.8 Å². The fourth-order valence-corrected chi connectivity index (χ4v) is 6.90. The number of halogens is 1. The lowest BCUT2D eigenvalue weighted by Crippen LogP contribution is -2.57. The van der Waals surface area contributed by atoms with Crippen LogP contribution in [0.3, 0.4) is 0 Å². The first-order valence-corrected chi connectivity index (χ1v) is 11.1. The zero-order valence-corrected chi connectivity index (χ0v) is 18.0. The van der Waals surface area contributed by atoms with Gasteiger partial charge in [-0.15, -0.1) is 0 Å². The molecule has 2 aromatic rings. The Balaban J connectivity index is 1.42. The Labute approximate surface area is 176 Å². The van der Waals surface area contributed by atoms with Crippen LogP contribution in [0.25, 0.3) is 10.9 Å². The lowest BCUT2D eigenvalue weighted by atomic mass is 9.59. The minimum atomic E-state index is -0.287. The third kappa shape index (κ3) is 2.85. The van der Waals surface area contributed by atoms with E-state index in [4.69, 9.17) is 0 Å². The summed E-state index contributed by atoms with van der Waals surface area (Å²) >= 11 is 0. The molecule has 4 fully saturated rings. The van der Waals surface area contributed by atoms with Gasteiger partial charge in [-0.1, -0.05) is 19.9 Å². The minimum absolute atomic E-state index is 0.130. The highest BCUT2D eigenvalue weighted by Gasteiger charge is 2.56. The number of carbonyl (C=O) groups is 1. The van der Waals surface area contributed by atoms with Gasteiger partial charge in [0.05, 0.1) is 28.1 Å². The summed E-state index contributed by atoms with van der Waals surface area (Å²) in [5, 5.41) is 15.0. The van der Waals surface area contributed by atoms with Crippen molar-refractivity contribution < 1.29 is 9.18 Å². The van der Waals surface area contributed by atoms with Gasteiger partial charge in [0.15, 0.2) is 0 Å². The molecule has 1 amide bonds. The molecule has 6 rings (SSSR count). The van der Waals surface area contributed by atoms with Crippen LogP contribution in [0.15, 0.2) is 18.2 Å². The van der Waals surface area contributed by atoms with Crippen molar-refractivity contribution in [1.29, 1.82) is 5.26 Å². The number of aromatic nitrogens is 2. The van der Waals surface area contributed by atoms with E-state index < -0.39 is 0 Å². The standard InChI is InChI=1S/C24H29FN4O/c1-15(22-21-18(25)5-4-6-19(21)28(3)27-22)9-20(30)29-16-7-8-24(14-26)12-17(29)11-23(2,10-16)13-24/h4-6,15-17H,7-13H2,1-3H3. The smallest absolute Gasteiger partial charge is 0.223 e. The molecule has 1 aromatic heterocycles. The van der Waals surface area contributed by atoms with E-state index in [-0.39, 0.29) is 40.6 Å². The average molecular weight is 409 g/mol. The summed E-state index contributed by atoms with van der Waals surface area (Å²) in [6.07, 6.45) is 5.90. The predicted molar refractivity (Wildman–Crippen MR) is 112 cm³/mol. The Hall–Kier alpha value is -2.42. The number of fused-ring (bicyclic) bond motifs is 2. The average Bonchev–Trinajstić information content (AvgIpc) is 2.92. The maximum atomic E-state index is 14.5. The molecule has 5 atom stereocenters. The molecular formula is C24H29FN4O. The van der Waals surface area contributed by atoms with Crippen molar-refractivity contribution in [2.24, 2.45) is 17.9 Å². The molecule has 0 spiro atoms. The van der Waals surface area contributed by atoms with E-state index >= 15 is 0 Å². The maximum Gasteiger partial charge on any atom is 0.223 e. The Morgan fingerprint density at radius 2 is 2.13 bits per heavy atom. The van der Waals surface area contributed by atoms with Crippen molar-refractivity contribution in [3.8, 4) is 6.07 Å². The zero-order chi connectivity index (χ0) is 21.3. The molecule has 2 saturated carbocycles. The quantitative estimate of drug-likeness (QED) is 0.741. The fraction of sp³-hybridized carbons (Fsp3) is 0.625. The molecule has 4 aliphatic rings. The second-order valence-corrected chi connectivity index (χ2v) is 10.4. The lowest BCUT2D eigenvalue weighted by Gasteiger charge is -2.54. The molecule has 3 heterocycles. The number of nitrogens with zero attached hydrogens (tertiary/aromatic N) is 4. The van der Waals surface area contributed by atoms with E-state index in [0.29, 0.717) is 17.5 Å². The first-order valence-electron chi connectivity index (χ1n) is 11.1. The van der Waals surface area contributed by atoms with Crippen molar-refractivity contribution in [1.82, 2.24) is 14.7 Å². The van der Waals surface area contributed by atoms with Crippen LogP contribution in [0.1, 0.15) is 70.4 Å². The minimum Gasteiger partial charge on any atom is -0.337 e. The van der Waals surface area contributed by atoms with Crippen LogP contribution in [0, 0.1) is 28.0 Å². The Morgan fingerprint density at radius 1 is 1.37 bits per heavy atom. The van der Waals surface area contributed by atoms with Crippen molar-refractivity contribution in [3.05, 3.63) is 29.7 Å². The van der Waals surface area contributed by atoms with Crippen molar-refractivity contribution in [2.75, 3.05) is 0 Å². The Morgan fingerprint density at radius 3 is 2.90 bits per heavy atom. The highest BCUT2D eigenvalue weighted by molar-refractivity contribution is 5.84. The summed E-state index contributed by atoms with van der Waals surface area (Å²) in [7, 11) is 1.81. The summed E-state index contributed by atoms with van der Waals surface area (Å²) in [5.41, 5.74) is 1.30. The topological polar surface area (TPSA) is 61.9 Å². The molecule has 0 N–H and O–H groups in total. The Kier molecular flexibility index (Phi) is 4.26. The molecule has 30 heavy (non-hydrogen) atoms. The van der Waals surface area contributed by atoms with E-state index in [0.717, 1.165) is 44.0 Å². The lowest BCUT2D eigenvalue weighted by molar-refractivity contribution is -0.144. The van der Waals surface area contributed by atoms with Gasteiger partial charge in [-0.05, 0) is 56.1 Å². The van der Waals surface area contributed by atoms with Crippen LogP contribution in [0.2, 0.25) is 0 Å². The summed E-state index contributed by atoms with van der Waals surface area (Å²) in [5.74, 6) is -0.326. The molecule has 158 valence electrons. The molecule has 5 unspecified atom stereocenters. The number of hydrogen-bond acceptors (Lipinski definition) is 3. The molecular weight excluding hydrogens is 379 g/mol. The molecule has 4 bridgehead atoms. The van der Waals surface area contributed by atoms with Gasteiger partial charge in [-0.2, -0.15) is 10.4 Å². The van der Waals surface area contributed by atoms with Crippen LogP contribution in [0.5, 0.6) is 0 Å². The number of rotatable bonds is 3. The van der Waals surface area contributed by atoms with Crippen molar-refractivity contribution >= 4 is 16.8 Å². The summed E-state index contributed by atoms with van der Waals surface area (Å²) in [6.45, 7) is 4.27. The van der Waals surface area contributed by atoms with Gasteiger partial charge in [0.1, 0.15) is 5.82 Å². The first-order chi connectivity index (χ1) is 14.2. The predicted octanol–water partition coefficient (Wildman–Crippen LogP) is 4.67. The molecule has 0 radical (unpaired) electrons. The van der Waals surface area contributed by atoms with Crippen LogP contribution in [-0.4, -0.2) is 32.7 Å². The van der Waals surface area contributed by atoms with Crippen LogP contribution < -0.4 is 0 Å². The number of nitriles is 1. The Bertz CT molecular complexity index is 1070. The van der Waals surface area contributed by atoms with E-state index in [1.165, 1.54) is 6.07 Å². The second-order valence-electron chi connectivity index (χ2n) is 10.4. The number of amides is 1. The van der Waals surface area contributed by atoms with Gasteiger partial charge in [0.25, 0.3) is 0 Å². The fourth-order valence-electron chi connectivity index (χ4n) is 6.90. The second kappa shape index (κ2) is 6.54. The zero-order valence-electron chi connectivity index (χ0n) is 18.0. The van der Waals surface area contributed by atoms with E-state index in [2.05, 4.69) is 23.0 Å². The van der Waals surface area contributed by atoms with Gasteiger partial charge in [0, 0.05) is 31.5 Å². The SMILES string of the molecule is CC(CC(=O)N1C2CCC3(C#N)CC1CC(C)(C2)C3)c1nn(C)c2cccc(F)c12. The third-order valence-electron chi connectivity index (χ3n) is 7.92. The number of hydrogen-bond donors (Lipinski definition) is 0. The molecule has 2 aliphatic heterocycles. The summed E-state index contributed by atoms with van der Waals surface area (Å²) in [6, 6.07) is 8.01. The van der Waals surface area contributed by atoms with Crippen LogP contribution in [0.4, 0.5) is 4.39 Å². The molecule has 2 aliphatic carbocycles. The van der Waals surface area contributed by atoms with Crippen LogP contribution >= 0.6 is 0 Å². The highest BCUT2D eigenvalue weighted by Crippen LogP contribution is 2.59. The van der Waals surface area contributed by atoms with Gasteiger partial charge in [0.2, 0.25) is 5.91 Å². The van der Waals surface area contributed by atoms with Crippen LogP contribution in [-0.2, 0) is 11.8 Å².